The summed E-state index contributed by atoms with van der Waals surface area (Å²) in [6.07, 6.45) is 0.961. The molecule has 2 rings (SSSR count). The van der Waals surface area contributed by atoms with Crippen LogP contribution in [0.4, 0.5) is 16.2 Å². The van der Waals surface area contributed by atoms with Crippen molar-refractivity contribution in [3.63, 3.8) is 0 Å². The van der Waals surface area contributed by atoms with Gasteiger partial charge in [-0.05, 0) is 42.8 Å². The topological polar surface area (TPSA) is 59.6 Å². The number of methoxy groups -OCH3 is 1. The molecule has 2 N–H and O–H groups in total. The first-order chi connectivity index (χ1) is 10.7. The summed E-state index contributed by atoms with van der Waals surface area (Å²) in [7, 11) is 1.58. The van der Waals surface area contributed by atoms with E-state index in [1.165, 1.54) is 0 Å². The van der Waals surface area contributed by atoms with Crippen LogP contribution in [0.15, 0.2) is 48.5 Å². The number of hydrogen-bond acceptors (Lipinski definition) is 3. The molecule has 0 aliphatic heterocycles. The highest BCUT2D eigenvalue weighted by Crippen LogP contribution is 2.18. The molecule has 2 aromatic rings. The van der Waals surface area contributed by atoms with Gasteiger partial charge in [-0.3, -0.25) is 0 Å². The monoisotopic (exact) mass is 300 g/mol. The fourth-order valence-corrected chi connectivity index (χ4v) is 1.85. The van der Waals surface area contributed by atoms with Crippen LogP contribution in [-0.4, -0.2) is 19.7 Å². The molecule has 2 amide bonds. The van der Waals surface area contributed by atoms with Gasteiger partial charge in [0.15, 0.2) is 0 Å². The third kappa shape index (κ3) is 4.70. The predicted molar refractivity (Wildman–Crippen MR) is 87.9 cm³/mol. The van der Waals surface area contributed by atoms with E-state index in [9.17, 15) is 4.79 Å². The highest BCUT2D eigenvalue weighted by molar-refractivity contribution is 5.99. The Morgan fingerprint density at radius 3 is 2.41 bits per heavy atom. The molecule has 0 fully saturated rings. The van der Waals surface area contributed by atoms with E-state index in [-0.39, 0.29) is 6.03 Å². The summed E-state index contributed by atoms with van der Waals surface area (Å²) in [5.41, 5.74) is 1.36. The zero-order valence-corrected chi connectivity index (χ0v) is 12.8. The van der Waals surface area contributed by atoms with Gasteiger partial charge in [-0.1, -0.05) is 13.0 Å². The lowest BCUT2D eigenvalue weighted by Crippen LogP contribution is -2.19. The number of amides is 2. The fraction of sp³-hybridized carbons (Fsp3) is 0.235. The summed E-state index contributed by atoms with van der Waals surface area (Å²) in [6.45, 7) is 2.74. The fourth-order valence-electron chi connectivity index (χ4n) is 1.85. The molecule has 0 aliphatic rings. The summed E-state index contributed by atoms with van der Waals surface area (Å²) in [5.74, 6) is 1.48. The highest BCUT2D eigenvalue weighted by Gasteiger charge is 2.04. The summed E-state index contributed by atoms with van der Waals surface area (Å²) < 4.78 is 10.6. The number of urea groups is 1. The first-order valence-electron chi connectivity index (χ1n) is 7.16. The van der Waals surface area contributed by atoms with Crippen LogP contribution in [0.25, 0.3) is 0 Å². The molecule has 0 saturated carbocycles. The quantitative estimate of drug-likeness (QED) is 0.843. The van der Waals surface area contributed by atoms with Crippen molar-refractivity contribution in [1.29, 1.82) is 0 Å². The van der Waals surface area contributed by atoms with Gasteiger partial charge >= 0.3 is 6.03 Å². The number of nitrogens with one attached hydrogen (secondary N) is 2. The van der Waals surface area contributed by atoms with Gasteiger partial charge in [0.1, 0.15) is 11.5 Å². The summed E-state index contributed by atoms with van der Waals surface area (Å²) >= 11 is 0. The molecular formula is C17H20N2O3. The number of ether oxygens (including phenoxy) is 2. The number of carbonyl (C=O) groups is 1. The van der Waals surface area contributed by atoms with Crippen LogP contribution in [0.2, 0.25) is 0 Å². The largest absolute Gasteiger partial charge is 0.497 e. The van der Waals surface area contributed by atoms with Crippen LogP contribution in [0, 0.1) is 0 Å². The van der Waals surface area contributed by atoms with Crippen molar-refractivity contribution in [2.75, 3.05) is 24.4 Å². The van der Waals surface area contributed by atoms with E-state index in [2.05, 4.69) is 17.6 Å². The molecule has 0 radical (unpaired) electrons. The minimum Gasteiger partial charge on any atom is -0.497 e. The Hall–Kier alpha value is -2.69. The molecule has 5 nitrogen and oxygen atoms in total. The van der Waals surface area contributed by atoms with Gasteiger partial charge < -0.3 is 20.1 Å². The zero-order valence-electron chi connectivity index (χ0n) is 12.8. The molecule has 0 bridgehead atoms. The van der Waals surface area contributed by atoms with Gasteiger partial charge in [0.2, 0.25) is 0 Å². The minimum absolute atomic E-state index is 0.310. The Balaban J connectivity index is 1.91. The van der Waals surface area contributed by atoms with Crippen LogP contribution < -0.4 is 20.1 Å². The number of benzene rings is 2. The molecule has 0 aromatic heterocycles. The third-order valence-electron chi connectivity index (χ3n) is 2.91. The van der Waals surface area contributed by atoms with Crippen molar-refractivity contribution >= 4 is 17.4 Å². The Labute approximate surface area is 130 Å². The lowest BCUT2D eigenvalue weighted by Gasteiger charge is -2.09. The maximum atomic E-state index is 11.9. The van der Waals surface area contributed by atoms with Gasteiger partial charge in [-0.2, -0.15) is 0 Å². The Morgan fingerprint density at radius 2 is 1.73 bits per heavy atom. The minimum atomic E-state index is -0.310. The first-order valence-corrected chi connectivity index (χ1v) is 7.16. The molecule has 0 unspecified atom stereocenters. The summed E-state index contributed by atoms with van der Waals surface area (Å²) in [4.78, 5) is 11.9. The second-order valence-electron chi connectivity index (χ2n) is 4.68. The van der Waals surface area contributed by atoms with Gasteiger partial charge in [0.25, 0.3) is 0 Å². The Morgan fingerprint density at radius 1 is 1.00 bits per heavy atom. The molecule has 0 heterocycles. The van der Waals surface area contributed by atoms with E-state index >= 15 is 0 Å². The van der Waals surface area contributed by atoms with Crippen LogP contribution in [0.1, 0.15) is 13.3 Å². The van der Waals surface area contributed by atoms with E-state index < -0.39 is 0 Å². The van der Waals surface area contributed by atoms with Gasteiger partial charge in [0.05, 0.1) is 13.7 Å². The van der Waals surface area contributed by atoms with Crippen molar-refractivity contribution in [2.24, 2.45) is 0 Å². The van der Waals surface area contributed by atoms with E-state index in [4.69, 9.17) is 9.47 Å². The first kappa shape index (κ1) is 15.7. The Bertz CT molecular complexity index is 612. The molecule has 0 atom stereocenters. The Kier molecular flexibility index (Phi) is 5.65. The smallest absolute Gasteiger partial charge is 0.323 e. The number of rotatable bonds is 6. The van der Waals surface area contributed by atoms with Gasteiger partial charge in [0, 0.05) is 17.4 Å². The summed E-state index contributed by atoms with van der Waals surface area (Å²) in [6, 6.07) is 14.1. The van der Waals surface area contributed by atoms with Gasteiger partial charge in [-0.15, -0.1) is 0 Å². The van der Waals surface area contributed by atoms with Crippen molar-refractivity contribution in [3.05, 3.63) is 48.5 Å². The third-order valence-corrected chi connectivity index (χ3v) is 2.91. The van der Waals surface area contributed by atoms with Crippen LogP contribution >= 0.6 is 0 Å². The van der Waals surface area contributed by atoms with Crippen LogP contribution in [0.5, 0.6) is 11.5 Å². The lowest BCUT2D eigenvalue weighted by molar-refractivity contribution is 0.262. The molecular weight excluding hydrogens is 280 g/mol. The van der Waals surface area contributed by atoms with Crippen molar-refractivity contribution in [1.82, 2.24) is 0 Å². The number of hydrogen-bond donors (Lipinski definition) is 2. The van der Waals surface area contributed by atoms with Gasteiger partial charge in [-0.25, -0.2) is 4.79 Å². The lowest BCUT2D eigenvalue weighted by atomic mass is 10.3. The highest BCUT2D eigenvalue weighted by atomic mass is 16.5. The van der Waals surface area contributed by atoms with Crippen LogP contribution in [0.3, 0.4) is 0 Å². The SMILES string of the molecule is CCCOc1ccc(NC(=O)Nc2cccc(OC)c2)cc1. The molecule has 2 aromatic carbocycles. The zero-order chi connectivity index (χ0) is 15.8. The molecule has 22 heavy (non-hydrogen) atoms. The standard InChI is InChI=1S/C17H20N2O3/c1-3-11-22-15-9-7-13(8-10-15)18-17(20)19-14-5-4-6-16(12-14)21-2/h4-10,12H,3,11H2,1-2H3,(H2,18,19,20). The van der Waals surface area contributed by atoms with Crippen LogP contribution in [-0.2, 0) is 0 Å². The normalized spacial score (nSPS) is 9.91. The average molecular weight is 300 g/mol. The van der Waals surface area contributed by atoms with Crippen molar-refractivity contribution < 1.29 is 14.3 Å². The van der Waals surface area contributed by atoms with E-state index in [1.807, 2.05) is 24.3 Å². The number of anilines is 2. The number of carbonyl (C=O) groups excluding carboxylic acids is 1. The maximum Gasteiger partial charge on any atom is 0.323 e. The molecule has 0 spiro atoms. The van der Waals surface area contributed by atoms with E-state index in [0.29, 0.717) is 23.7 Å². The molecule has 0 saturated heterocycles. The van der Waals surface area contributed by atoms with E-state index in [1.54, 1.807) is 31.4 Å². The summed E-state index contributed by atoms with van der Waals surface area (Å²) in [5, 5.41) is 5.52. The van der Waals surface area contributed by atoms with E-state index in [0.717, 1.165) is 12.2 Å². The second-order valence-corrected chi connectivity index (χ2v) is 4.68. The van der Waals surface area contributed by atoms with Crippen molar-refractivity contribution in [2.45, 2.75) is 13.3 Å². The molecule has 5 heteroatoms. The van der Waals surface area contributed by atoms with Crippen molar-refractivity contribution in [3.8, 4) is 11.5 Å². The molecule has 0 aliphatic carbocycles. The average Bonchev–Trinajstić information content (AvgIpc) is 2.54. The maximum absolute atomic E-state index is 11.9. The molecule has 116 valence electrons. The predicted octanol–water partition coefficient (Wildman–Crippen LogP) is 4.13. The second kappa shape index (κ2) is 7.93.